The van der Waals surface area contributed by atoms with Gasteiger partial charge in [-0.25, -0.2) is 0 Å². The second-order valence-corrected chi connectivity index (χ2v) is 10.0. The number of piperidine rings is 1. The van der Waals surface area contributed by atoms with E-state index in [9.17, 15) is 14.7 Å². The van der Waals surface area contributed by atoms with Crippen molar-refractivity contribution in [3.05, 3.63) is 62.6 Å². The van der Waals surface area contributed by atoms with Crippen molar-refractivity contribution in [3.8, 4) is 5.75 Å². The van der Waals surface area contributed by atoms with E-state index in [4.69, 9.17) is 5.73 Å². The molecule has 0 bridgehead atoms. The molecule has 4 N–H and O–H groups in total. The number of phenolic OH excluding ortho intramolecular Hbond substituents is 1. The number of carbonyl (C=O) groups is 1. The summed E-state index contributed by atoms with van der Waals surface area (Å²) in [5.41, 5.74) is 9.56. The SMILES string of the molecule is NC(=O)c1cc2c([nH]c1=O)CC13CCN(CC4CC4)CC1(Cc1ccc(O)cc13)C2. The number of primary amides is 1. The van der Waals surface area contributed by atoms with Gasteiger partial charge in [0.1, 0.15) is 11.3 Å². The number of carbonyl (C=O) groups excluding carboxylic acids is 1. The average molecular weight is 405 g/mol. The molecule has 6 nitrogen and oxygen atoms in total. The van der Waals surface area contributed by atoms with Crippen molar-refractivity contribution >= 4 is 5.91 Å². The zero-order chi connectivity index (χ0) is 20.7. The number of likely N-dealkylation sites (tertiary alicyclic amines) is 1. The molecule has 1 aromatic carbocycles. The summed E-state index contributed by atoms with van der Waals surface area (Å²) >= 11 is 0. The maximum atomic E-state index is 12.5. The number of aromatic amines is 1. The van der Waals surface area contributed by atoms with Crippen LogP contribution in [0.4, 0.5) is 0 Å². The number of pyridine rings is 1. The molecule has 1 aromatic heterocycles. The van der Waals surface area contributed by atoms with Gasteiger partial charge in [-0.05, 0) is 85.9 Å². The number of nitrogens with zero attached hydrogens (tertiary/aromatic N) is 1. The first-order chi connectivity index (χ1) is 14.4. The summed E-state index contributed by atoms with van der Waals surface area (Å²) in [6.45, 7) is 3.24. The summed E-state index contributed by atoms with van der Waals surface area (Å²) in [5, 5.41) is 10.3. The van der Waals surface area contributed by atoms with Crippen LogP contribution in [-0.4, -0.2) is 40.5 Å². The van der Waals surface area contributed by atoms with E-state index in [0.717, 1.165) is 55.9 Å². The van der Waals surface area contributed by atoms with Crippen LogP contribution < -0.4 is 11.3 Å². The van der Waals surface area contributed by atoms with Gasteiger partial charge in [0.15, 0.2) is 0 Å². The number of H-pyrrole nitrogens is 1. The maximum Gasteiger partial charge on any atom is 0.261 e. The number of rotatable bonds is 3. The zero-order valence-electron chi connectivity index (χ0n) is 17.0. The third-order valence-corrected chi connectivity index (χ3v) is 8.24. The van der Waals surface area contributed by atoms with Gasteiger partial charge in [-0.3, -0.25) is 9.59 Å². The topological polar surface area (TPSA) is 99.4 Å². The van der Waals surface area contributed by atoms with Gasteiger partial charge in [0.2, 0.25) is 0 Å². The Kier molecular flexibility index (Phi) is 3.62. The van der Waals surface area contributed by atoms with Crippen LogP contribution in [-0.2, 0) is 24.7 Å². The van der Waals surface area contributed by atoms with E-state index < -0.39 is 11.5 Å². The van der Waals surface area contributed by atoms with E-state index in [1.165, 1.54) is 30.5 Å². The van der Waals surface area contributed by atoms with Crippen LogP contribution in [0.15, 0.2) is 29.1 Å². The first kappa shape index (κ1) is 18.2. The quantitative estimate of drug-likeness (QED) is 0.726. The summed E-state index contributed by atoms with van der Waals surface area (Å²) in [5.74, 6) is 0.477. The van der Waals surface area contributed by atoms with Crippen molar-refractivity contribution in [2.24, 2.45) is 17.1 Å². The Bertz CT molecular complexity index is 1140. The second kappa shape index (κ2) is 5.97. The Morgan fingerprint density at radius 2 is 2.00 bits per heavy atom. The lowest BCUT2D eigenvalue weighted by Crippen LogP contribution is -2.60. The molecule has 4 aliphatic rings. The number of aromatic hydroxyl groups is 1. The Balaban J connectivity index is 1.50. The van der Waals surface area contributed by atoms with Gasteiger partial charge in [-0.15, -0.1) is 0 Å². The van der Waals surface area contributed by atoms with Gasteiger partial charge >= 0.3 is 0 Å². The minimum atomic E-state index is -0.674. The predicted octanol–water partition coefficient (Wildman–Crippen LogP) is 1.87. The van der Waals surface area contributed by atoms with Gasteiger partial charge in [-0.1, -0.05) is 6.07 Å². The molecule has 0 radical (unpaired) electrons. The molecule has 156 valence electrons. The van der Waals surface area contributed by atoms with E-state index in [-0.39, 0.29) is 16.4 Å². The largest absolute Gasteiger partial charge is 0.508 e. The Labute approximate surface area is 175 Å². The van der Waals surface area contributed by atoms with Crippen LogP contribution >= 0.6 is 0 Å². The highest BCUT2D eigenvalue weighted by atomic mass is 16.3. The van der Waals surface area contributed by atoms with Crippen LogP contribution in [0.25, 0.3) is 0 Å². The minimum absolute atomic E-state index is 0.0103. The fourth-order valence-electron chi connectivity index (χ4n) is 6.70. The lowest BCUT2D eigenvalue weighted by Gasteiger charge is -2.56. The van der Waals surface area contributed by atoms with Crippen LogP contribution in [0.5, 0.6) is 5.75 Å². The maximum absolute atomic E-state index is 12.5. The number of nitrogens with two attached hydrogens (primary N) is 1. The van der Waals surface area contributed by atoms with Crippen LogP contribution in [0.3, 0.4) is 0 Å². The molecule has 6 rings (SSSR count). The van der Waals surface area contributed by atoms with Crippen molar-refractivity contribution in [1.29, 1.82) is 0 Å². The molecule has 1 saturated carbocycles. The highest BCUT2D eigenvalue weighted by molar-refractivity contribution is 5.92. The molecule has 2 aromatic rings. The van der Waals surface area contributed by atoms with Gasteiger partial charge in [0, 0.05) is 29.6 Å². The summed E-state index contributed by atoms with van der Waals surface area (Å²) in [6, 6.07) is 7.55. The van der Waals surface area contributed by atoms with Crippen molar-refractivity contribution in [1.82, 2.24) is 9.88 Å². The number of phenols is 1. The summed E-state index contributed by atoms with van der Waals surface area (Å²) in [4.78, 5) is 29.8. The standard InChI is InChI=1S/C24H27N3O3/c25-21(29)18-7-16-10-23-9-15-3-4-17(28)8-19(15)24(23,11-20(16)26-22(18)30)5-6-27(13-23)12-14-1-2-14/h3-4,7-8,14,28H,1-2,5-6,9-13H2,(H2,25,29)(H,26,30). The normalized spacial score (nSPS) is 29.6. The van der Waals surface area contributed by atoms with Crippen LogP contribution in [0, 0.1) is 11.3 Å². The van der Waals surface area contributed by atoms with E-state index in [2.05, 4.69) is 16.0 Å². The van der Waals surface area contributed by atoms with Gasteiger partial charge < -0.3 is 20.7 Å². The van der Waals surface area contributed by atoms with Crippen molar-refractivity contribution < 1.29 is 9.90 Å². The van der Waals surface area contributed by atoms with E-state index in [0.29, 0.717) is 5.75 Å². The Morgan fingerprint density at radius 1 is 1.20 bits per heavy atom. The molecule has 2 fully saturated rings. The first-order valence-electron chi connectivity index (χ1n) is 11.0. The molecule has 0 spiro atoms. The average Bonchev–Trinajstić information content (AvgIpc) is 3.46. The number of fused-ring (bicyclic) bond motifs is 2. The van der Waals surface area contributed by atoms with Crippen molar-refractivity contribution in [2.45, 2.75) is 43.9 Å². The highest BCUT2D eigenvalue weighted by Crippen LogP contribution is 2.62. The molecule has 1 amide bonds. The molecule has 2 atom stereocenters. The highest BCUT2D eigenvalue weighted by Gasteiger charge is 2.61. The van der Waals surface area contributed by atoms with E-state index in [1.54, 1.807) is 12.1 Å². The Hall–Kier alpha value is -2.60. The van der Waals surface area contributed by atoms with Crippen molar-refractivity contribution in [3.63, 3.8) is 0 Å². The van der Waals surface area contributed by atoms with Crippen LogP contribution in [0.2, 0.25) is 0 Å². The predicted molar refractivity (Wildman–Crippen MR) is 113 cm³/mol. The lowest BCUT2D eigenvalue weighted by molar-refractivity contribution is 0.00114. The molecule has 2 unspecified atom stereocenters. The second-order valence-electron chi connectivity index (χ2n) is 10.0. The van der Waals surface area contributed by atoms with Gasteiger partial charge in [-0.2, -0.15) is 0 Å². The first-order valence-corrected chi connectivity index (χ1v) is 11.0. The fourth-order valence-corrected chi connectivity index (χ4v) is 6.70. The van der Waals surface area contributed by atoms with E-state index >= 15 is 0 Å². The monoisotopic (exact) mass is 405 g/mol. The summed E-state index contributed by atoms with van der Waals surface area (Å²) in [7, 11) is 0. The molecule has 1 aliphatic heterocycles. The molecular formula is C24H27N3O3. The number of hydrogen-bond donors (Lipinski definition) is 3. The molecule has 6 heteroatoms. The number of benzene rings is 1. The van der Waals surface area contributed by atoms with Gasteiger partial charge in [0.25, 0.3) is 11.5 Å². The molecule has 3 aliphatic carbocycles. The number of aromatic nitrogens is 1. The van der Waals surface area contributed by atoms with Crippen molar-refractivity contribution in [2.75, 3.05) is 19.6 Å². The fraction of sp³-hybridized carbons (Fsp3) is 0.500. The summed E-state index contributed by atoms with van der Waals surface area (Å²) in [6.07, 6.45) is 6.23. The number of nitrogens with one attached hydrogen (secondary N) is 1. The Morgan fingerprint density at radius 3 is 2.77 bits per heavy atom. The smallest absolute Gasteiger partial charge is 0.261 e. The van der Waals surface area contributed by atoms with E-state index in [1.807, 2.05) is 6.07 Å². The number of hydrogen-bond acceptors (Lipinski definition) is 4. The molecular weight excluding hydrogens is 378 g/mol. The van der Waals surface area contributed by atoms with Gasteiger partial charge in [0.05, 0.1) is 0 Å². The van der Waals surface area contributed by atoms with Crippen LogP contribution in [0.1, 0.15) is 52.0 Å². The molecule has 1 saturated heterocycles. The number of amides is 1. The lowest BCUT2D eigenvalue weighted by atomic mass is 9.52. The third kappa shape index (κ3) is 2.46. The molecule has 30 heavy (non-hydrogen) atoms. The minimum Gasteiger partial charge on any atom is -0.508 e. The molecule has 2 heterocycles. The zero-order valence-corrected chi connectivity index (χ0v) is 17.0. The third-order valence-electron chi connectivity index (χ3n) is 8.24. The summed E-state index contributed by atoms with van der Waals surface area (Å²) < 4.78 is 0.